The molecule has 17 heavy (non-hydrogen) atoms. The van der Waals surface area contributed by atoms with Gasteiger partial charge < -0.3 is 10.4 Å². The lowest BCUT2D eigenvalue weighted by atomic mass is 10.1. The average Bonchev–Trinajstić information content (AvgIpc) is 2.25. The van der Waals surface area contributed by atoms with E-state index < -0.39 is 27.1 Å². The van der Waals surface area contributed by atoms with Crippen molar-refractivity contribution < 1.29 is 18.3 Å². The molecule has 0 amide bonds. The molecule has 0 radical (unpaired) electrons. The van der Waals surface area contributed by atoms with Crippen molar-refractivity contribution in [3.63, 3.8) is 0 Å². The Balaban J connectivity index is 2.80. The number of sulfone groups is 1. The molecule has 0 aromatic heterocycles. The summed E-state index contributed by atoms with van der Waals surface area (Å²) in [6.45, 7) is 2.61. The average molecular weight is 255 g/mol. The first-order chi connectivity index (χ1) is 7.80. The Labute approximate surface area is 99.4 Å². The maximum absolute atomic E-state index is 12.1. The Morgan fingerprint density at radius 2 is 2.00 bits per heavy atom. The number of carbonyl (C=O) groups is 1. The number of rotatable bonds is 1. The highest BCUT2D eigenvalue weighted by Crippen LogP contribution is 2.36. The minimum Gasteiger partial charge on any atom is -0.392 e. The molecule has 0 saturated carbocycles. The number of hydrogen-bond donors (Lipinski definition) is 2. The molecule has 6 heteroatoms. The first kappa shape index (κ1) is 12.1. The van der Waals surface area contributed by atoms with Gasteiger partial charge in [0.2, 0.25) is 9.84 Å². The molecular weight excluding hydrogens is 242 g/mol. The van der Waals surface area contributed by atoms with Crippen molar-refractivity contribution in [1.82, 2.24) is 0 Å². The standard InChI is InChI=1S/C11H13NO4S/c1-11(2)10(14)17(15,16)9-7(6-13)4-3-5-8(9)12-11/h3-5,12-13H,6H2,1-2H3. The van der Waals surface area contributed by atoms with Gasteiger partial charge >= 0.3 is 0 Å². The van der Waals surface area contributed by atoms with E-state index in [1.807, 2.05) is 0 Å². The quantitative estimate of drug-likeness (QED) is 0.771. The highest BCUT2D eigenvalue weighted by Gasteiger charge is 2.45. The van der Waals surface area contributed by atoms with Crippen LogP contribution >= 0.6 is 0 Å². The van der Waals surface area contributed by atoms with E-state index in [4.69, 9.17) is 5.11 Å². The second-order valence-corrected chi connectivity index (χ2v) is 6.28. The van der Waals surface area contributed by atoms with Gasteiger partial charge in [0.15, 0.2) is 0 Å². The smallest absolute Gasteiger partial charge is 0.275 e. The van der Waals surface area contributed by atoms with Crippen LogP contribution in [0.15, 0.2) is 23.1 Å². The summed E-state index contributed by atoms with van der Waals surface area (Å²) in [5, 5.41) is 11.1. The number of carbonyl (C=O) groups excluding carboxylic acids is 1. The zero-order valence-corrected chi connectivity index (χ0v) is 10.3. The summed E-state index contributed by atoms with van der Waals surface area (Å²) in [7, 11) is -4.03. The SMILES string of the molecule is CC1(C)Nc2cccc(CO)c2S(=O)(=O)C1=O. The van der Waals surface area contributed by atoms with E-state index in [1.165, 1.54) is 19.9 Å². The Kier molecular flexibility index (Phi) is 2.52. The molecular formula is C11H13NO4S. The molecule has 1 aromatic carbocycles. The molecule has 1 heterocycles. The van der Waals surface area contributed by atoms with Crippen molar-refractivity contribution in [3.05, 3.63) is 23.8 Å². The fourth-order valence-electron chi connectivity index (χ4n) is 1.94. The van der Waals surface area contributed by atoms with Gasteiger partial charge in [-0.2, -0.15) is 0 Å². The summed E-state index contributed by atoms with van der Waals surface area (Å²) in [6.07, 6.45) is 0. The zero-order valence-electron chi connectivity index (χ0n) is 9.52. The predicted molar refractivity (Wildman–Crippen MR) is 62.3 cm³/mol. The number of fused-ring (bicyclic) bond motifs is 1. The van der Waals surface area contributed by atoms with Crippen LogP contribution in [0.25, 0.3) is 0 Å². The molecule has 2 rings (SSSR count). The summed E-state index contributed by atoms with van der Waals surface area (Å²) < 4.78 is 24.2. The van der Waals surface area contributed by atoms with Crippen LogP contribution in [-0.4, -0.2) is 24.2 Å². The first-order valence-corrected chi connectivity index (χ1v) is 6.59. The molecule has 1 aromatic rings. The lowest BCUT2D eigenvalue weighted by Crippen LogP contribution is -2.48. The van der Waals surface area contributed by atoms with E-state index >= 15 is 0 Å². The molecule has 1 aliphatic rings. The van der Waals surface area contributed by atoms with Gasteiger partial charge in [-0.05, 0) is 25.5 Å². The van der Waals surface area contributed by atoms with Crippen molar-refractivity contribution in [2.75, 3.05) is 5.32 Å². The number of aliphatic hydroxyl groups excluding tert-OH is 1. The van der Waals surface area contributed by atoms with Gasteiger partial charge in [0.25, 0.3) is 5.12 Å². The number of aliphatic hydroxyl groups is 1. The summed E-state index contributed by atoms with van der Waals surface area (Å²) in [5.41, 5.74) is -0.556. The zero-order chi connectivity index (χ0) is 12.8. The number of benzene rings is 1. The number of hydrogen-bond acceptors (Lipinski definition) is 5. The van der Waals surface area contributed by atoms with Crippen molar-refractivity contribution >= 4 is 20.6 Å². The normalized spacial score (nSPS) is 20.5. The molecule has 2 N–H and O–H groups in total. The van der Waals surface area contributed by atoms with Gasteiger partial charge in [-0.15, -0.1) is 0 Å². The molecule has 5 nitrogen and oxygen atoms in total. The topological polar surface area (TPSA) is 83.5 Å². The molecule has 0 bridgehead atoms. The van der Waals surface area contributed by atoms with E-state index in [0.717, 1.165) is 0 Å². The third kappa shape index (κ3) is 1.64. The van der Waals surface area contributed by atoms with Crippen LogP contribution in [0.4, 0.5) is 5.69 Å². The molecule has 0 unspecified atom stereocenters. The third-order valence-electron chi connectivity index (χ3n) is 2.74. The fraction of sp³-hybridized carbons (Fsp3) is 0.364. The van der Waals surface area contributed by atoms with Crippen LogP contribution in [0, 0.1) is 0 Å². The van der Waals surface area contributed by atoms with E-state index in [1.54, 1.807) is 12.1 Å². The molecule has 92 valence electrons. The van der Waals surface area contributed by atoms with Crippen LogP contribution in [-0.2, 0) is 21.2 Å². The van der Waals surface area contributed by atoms with Gasteiger partial charge in [-0.3, -0.25) is 4.79 Å². The molecule has 0 atom stereocenters. The van der Waals surface area contributed by atoms with Gasteiger partial charge in [0, 0.05) is 0 Å². The van der Waals surface area contributed by atoms with Crippen molar-refractivity contribution in [2.45, 2.75) is 30.9 Å². The summed E-state index contributed by atoms with van der Waals surface area (Å²) in [6, 6.07) is 4.71. The highest BCUT2D eigenvalue weighted by atomic mass is 32.2. The molecule has 0 saturated heterocycles. The summed E-state index contributed by atoms with van der Waals surface area (Å²) in [5.74, 6) is 0. The highest BCUT2D eigenvalue weighted by molar-refractivity contribution is 8.06. The lowest BCUT2D eigenvalue weighted by molar-refractivity contribution is -0.114. The van der Waals surface area contributed by atoms with E-state index in [2.05, 4.69) is 5.32 Å². The van der Waals surface area contributed by atoms with Gasteiger partial charge in [0.05, 0.1) is 12.3 Å². The first-order valence-electron chi connectivity index (χ1n) is 5.11. The largest absolute Gasteiger partial charge is 0.392 e. The fourth-order valence-corrected chi connectivity index (χ4v) is 3.74. The van der Waals surface area contributed by atoms with Gasteiger partial charge in [-0.25, -0.2) is 8.42 Å². The summed E-state index contributed by atoms with van der Waals surface area (Å²) in [4.78, 5) is 11.8. The van der Waals surface area contributed by atoms with Crippen LogP contribution in [0.3, 0.4) is 0 Å². The van der Waals surface area contributed by atoms with E-state index in [9.17, 15) is 13.2 Å². The van der Waals surface area contributed by atoms with Crippen molar-refractivity contribution in [3.8, 4) is 0 Å². The lowest BCUT2D eigenvalue weighted by Gasteiger charge is -2.32. The van der Waals surface area contributed by atoms with Gasteiger partial charge in [0.1, 0.15) is 10.4 Å². The Morgan fingerprint density at radius 3 is 2.59 bits per heavy atom. The van der Waals surface area contributed by atoms with Crippen LogP contribution < -0.4 is 5.32 Å². The van der Waals surface area contributed by atoms with Crippen LogP contribution in [0.2, 0.25) is 0 Å². The molecule has 0 spiro atoms. The second kappa shape index (κ2) is 3.54. The second-order valence-electron chi connectivity index (χ2n) is 4.49. The van der Waals surface area contributed by atoms with E-state index in [0.29, 0.717) is 5.69 Å². The third-order valence-corrected chi connectivity index (χ3v) is 4.76. The van der Waals surface area contributed by atoms with Crippen LogP contribution in [0.1, 0.15) is 19.4 Å². The van der Waals surface area contributed by atoms with Crippen LogP contribution in [0.5, 0.6) is 0 Å². The maximum atomic E-state index is 12.1. The number of anilines is 1. The Morgan fingerprint density at radius 1 is 1.35 bits per heavy atom. The van der Waals surface area contributed by atoms with Crippen molar-refractivity contribution in [1.29, 1.82) is 0 Å². The minimum absolute atomic E-state index is 0.105. The molecule has 1 aliphatic heterocycles. The summed E-state index contributed by atoms with van der Waals surface area (Å²) >= 11 is 0. The predicted octanol–water partition coefficient (Wildman–Crippen LogP) is 0.683. The maximum Gasteiger partial charge on any atom is 0.275 e. The molecule has 0 fully saturated rings. The Bertz CT molecular complexity index is 589. The van der Waals surface area contributed by atoms with Gasteiger partial charge in [-0.1, -0.05) is 12.1 Å². The number of nitrogens with one attached hydrogen (secondary N) is 1. The Hall–Kier alpha value is -1.40. The monoisotopic (exact) mass is 255 g/mol. The van der Waals surface area contributed by atoms with E-state index in [-0.39, 0.29) is 10.5 Å². The minimum atomic E-state index is -4.03. The molecule has 0 aliphatic carbocycles. The van der Waals surface area contributed by atoms with Crippen molar-refractivity contribution in [2.24, 2.45) is 0 Å².